The van der Waals surface area contributed by atoms with E-state index in [0.29, 0.717) is 22.7 Å². The minimum Gasteiger partial charge on any atom is -0.352 e. The zero-order chi connectivity index (χ0) is 24.8. The Kier molecular flexibility index (Phi) is 9.31. The van der Waals surface area contributed by atoms with E-state index in [9.17, 15) is 18.0 Å². The zero-order valence-electron chi connectivity index (χ0n) is 19.7. The van der Waals surface area contributed by atoms with Crippen LogP contribution in [0.15, 0.2) is 48.5 Å². The number of amides is 2. The van der Waals surface area contributed by atoms with Gasteiger partial charge in [-0.3, -0.25) is 13.9 Å². The largest absolute Gasteiger partial charge is 0.352 e. The monoisotopic (exact) mass is 493 g/mol. The van der Waals surface area contributed by atoms with Crippen LogP contribution in [0.1, 0.15) is 38.3 Å². The molecular weight excluding hydrogens is 462 g/mol. The molecule has 0 radical (unpaired) electrons. The second kappa shape index (κ2) is 11.5. The van der Waals surface area contributed by atoms with Gasteiger partial charge in [-0.25, -0.2) is 8.42 Å². The van der Waals surface area contributed by atoms with Crippen LogP contribution >= 0.6 is 11.6 Å². The highest BCUT2D eigenvalue weighted by Gasteiger charge is 2.32. The molecule has 33 heavy (non-hydrogen) atoms. The third-order valence-electron chi connectivity index (χ3n) is 5.18. The molecule has 2 aromatic rings. The lowest BCUT2D eigenvalue weighted by Gasteiger charge is -2.33. The molecule has 2 amide bonds. The number of para-hydroxylation sites is 1. The zero-order valence-corrected chi connectivity index (χ0v) is 21.3. The number of anilines is 1. The molecule has 0 fully saturated rings. The van der Waals surface area contributed by atoms with E-state index in [1.807, 2.05) is 20.8 Å². The molecule has 7 nitrogen and oxygen atoms in total. The second-order valence-electron chi connectivity index (χ2n) is 8.26. The minimum absolute atomic E-state index is 0.0773. The summed E-state index contributed by atoms with van der Waals surface area (Å²) in [5.74, 6) is -0.788. The molecule has 0 saturated heterocycles. The van der Waals surface area contributed by atoms with Gasteiger partial charge in [-0.2, -0.15) is 0 Å². The van der Waals surface area contributed by atoms with Gasteiger partial charge in [0.1, 0.15) is 12.6 Å². The summed E-state index contributed by atoms with van der Waals surface area (Å²) in [6, 6.07) is 13.1. The van der Waals surface area contributed by atoms with Crippen LogP contribution in [0.4, 0.5) is 5.69 Å². The van der Waals surface area contributed by atoms with Crippen LogP contribution in [-0.4, -0.2) is 50.0 Å². The van der Waals surface area contributed by atoms with Gasteiger partial charge in [0.15, 0.2) is 0 Å². The fourth-order valence-electron chi connectivity index (χ4n) is 3.55. The first-order valence-corrected chi connectivity index (χ1v) is 13.0. The molecule has 0 unspecified atom stereocenters. The molecule has 2 aromatic carbocycles. The van der Waals surface area contributed by atoms with Crippen molar-refractivity contribution < 1.29 is 18.0 Å². The van der Waals surface area contributed by atoms with Crippen LogP contribution in [-0.2, 0) is 26.2 Å². The van der Waals surface area contributed by atoms with Gasteiger partial charge in [-0.1, -0.05) is 54.9 Å². The molecule has 1 atom stereocenters. The molecule has 0 aliphatic heterocycles. The summed E-state index contributed by atoms with van der Waals surface area (Å²) in [4.78, 5) is 27.9. The van der Waals surface area contributed by atoms with E-state index in [1.54, 1.807) is 55.5 Å². The Balaban J connectivity index is 2.47. The highest BCUT2D eigenvalue weighted by atomic mass is 35.5. The molecule has 0 heterocycles. The van der Waals surface area contributed by atoms with Crippen molar-refractivity contribution in [3.63, 3.8) is 0 Å². The Bertz CT molecular complexity index is 1090. The van der Waals surface area contributed by atoms with E-state index in [-0.39, 0.29) is 18.5 Å². The van der Waals surface area contributed by atoms with E-state index in [4.69, 9.17) is 11.6 Å². The number of hydrogen-bond donors (Lipinski definition) is 1. The number of halogens is 1. The number of nitrogens with one attached hydrogen (secondary N) is 1. The summed E-state index contributed by atoms with van der Waals surface area (Å²) in [7, 11) is -3.76. The fraction of sp³-hybridized carbons (Fsp3) is 0.417. The third-order valence-corrected chi connectivity index (χ3v) is 6.67. The summed E-state index contributed by atoms with van der Waals surface area (Å²) >= 11 is 6.33. The van der Waals surface area contributed by atoms with Gasteiger partial charge in [0.05, 0.1) is 11.9 Å². The van der Waals surface area contributed by atoms with Crippen molar-refractivity contribution in [3.05, 3.63) is 64.7 Å². The lowest BCUT2D eigenvalue weighted by molar-refractivity contribution is -0.140. The quantitative estimate of drug-likeness (QED) is 0.546. The SMILES string of the molecule is CC[C@@H](C(=O)NC(C)C)N(Cc1ccccc1Cl)C(=O)CN(c1ccccc1C)S(C)(=O)=O. The van der Waals surface area contributed by atoms with E-state index in [0.717, 1.165) is 16.1 Å². The number of rotatable bonds is 10. The molecule has 0 bridgehead atoms. The summed E-state index contributed by atoms with van der Waals surface area (Å²) < 4.78 is 26.3. The maximum atomic E-state index is 13.6. The molecule has 0 saturated carbocycles. The van der Waals surface area contributed by atoms with Gasteiger partial charge < -0.3 is 10.2 Å². The molecule has 0 aromatic heterocycles. The third kappa shape index (κ3) is 7.20. The maximum absolute atomic E-state index is 13.6. The average Bonchev–Trinajstić information content (AvgIpc) is 2.72. The minimum atomic E-state index is -3.76. The summed E-state index contributed by atoms with van der Waals surface area (Å²) in [6.07, 6.45) is 1.42. The van der Waals surface area contributed by atoms with Crippen molar-refractivity contribution in [1.82, 2.24) is 10.2 Å². The van der Waals surface area contributed by atoms with Gasteiger partial charge in [-0.15, -0.1) is 0 Å². The highest BCUT2D eigenvalue weighted by molar-refractivity contribution is 7.92. The number of hydrogen-bond acceptors (Lipinski definition) is 4. The van der Waals surface area contributed by atoms with Crippen molar-refractivity contribution in [2.24, 2.45) is 0 Å². The molecule has 9 heteroatoms. The smallest absolute Gasteiger partial charge is 0.244 e. The predicted octanol–water partition coefficient (Wildman–Crippen LogP) is 3.75. The van der Waals surface area contributed by atoms with Crippen molar-refractivity contribution >= 4 is 39.1 Å². The van der Waals surface area contributed by atoms with Gasteiger partial charge in [0, 0.05) is 17.6 Å². The van der Waals surface area contributed by atoms with Crippen molar-refractivity contribution in [3.8, 4) is 0 Å². The van der Waals surface area contributed by atoms with E-state index in [1.165, 1.54) is 4.90 Å². The normalized spacial score (nSPS) is 12.3. The van der Waals surface area contributed by atoms with Crippen LogP contribution in [0.25, 0.3) is 0 Å². The lowest BCUT2D eigenvalue weighted by Crippen LogP contribution is -2.53. The number of carbonyl (C=O) groups is 2. The number of nitrogens with zero attached hydrogens (tertiary/aromatic N) is 2. The van der Waals surface area contributed by atoms with Crippen LogP contribution in [0.3, 0.4) is 0 Å². The summed E-state index contributed by atoms with van der Waals surface area (Å²) in [5, 5.41) is 3.32. The van der Waals surface area contributed by atoms with Crippen molar-refractivity contribution in [2.45, 2.75) is 52.7 Å². The van der Waals surface area contributed by atoms with Crippen LogP contribution in [0.5, 0.6) is 0 Å². The summed E-state index contributed by atoms with van der Waals surface area (Å²) in [6.45, 7) is 6.92. The van der Waals surface area contributed by atoms with E-state index in [2.05, 4.69) is 5.32 Å². The number of benzene rings is 2. The lowest BCUT2D eigenvalue weighted by atomic mass is 10.1. The molecule has 180 valence electrons. The van der Waals surface area contributed by atoms with Crippen LogP contribution < -0.4 is 9.62 Å². The Morgan fingerprint density at radius 3 is 2.21 bits per heavy atom. The predicted molar refractivity (Wildman–Crippen MR) is 133 cm³/mol. The number of sulfonamides is 1. The van der Waals surface area contributed by atoms with Gasteiger partial charge in [0.25, 0.3) is 0 Å². The first-order valence-electron chi connectivity index (χ1n) is 10.8. The molecule has 0 spiro atoms. The molecule has 2 rings (SSSR count). The topological polar surface area (TPSA) is 86.8 Å². The van der Waals surface area contributed by atoms with E-state index >= 15 is 0 Å². The number of carbonyl (C=O) groups excluding carboxylic acids is 2. The molecule has 1 N–H and O–H groups in total. The van der Waals surface area contributed by atoms with Crippen molar-refractivity contribution in [2.75, 3.05) is 17.1 Å². The summed E-state index contributed by atoms with van der Waals surface area (Å²) in [5.41, 5.74) is 1.81. The molecular formula is C24H32ClN3O4S. The second-order valence-corrected chi connectivity index (χ2v) is 10.6. The Morgan fingerprint density at radius 2 is 1.67 bits per heavy atom. The Hall–Kier alpha value is -2.58. The fourth-order valence-corrected chi connectivity index (χ4v) is 4.65. The first-order chi connectivity index (χ1) is 15.5. The Morgan fingerprint density at radius 1 is 1.06 bits per heavy atom. The van der Waals surface area contributed by atoms with Gasteiger partial charge in [-0.05, 0) is 50.5 Å². The highest BCUT2D eigenvalue weighted by Crippen LogP contribution is 2.24. The maximum Gasteiger partial charge on any atom is 0.244 e. The van der Waals surface area contributed by atoms with Gasteiger partial charge in [0.2, 0.25) is 21.8 Å². The molecule has 0 aliphatic rings. The Labute approximate surface area is 201 Å². The van der Waals surface area contributed by atoms with Crippen LogP contribution in [0, 0.1) is 6.92 Å². The van der Waals surface area contributed by atoms with E-state index < -0.39 is 28.5 Å². The molecule has 0 aliphatic carbocycles. The standard InChI is InChI=1S/C24H32ClN3O4S/c1-6-21(24(30)26-17(2)3)27(15-19-12-8-9-13-20(19)25)23(29)16-28(33(5,31)32)22-14-10-7-11-18(22)4/h7-14,17,21H,6,15-16H2,1-5H3,(H,26,30)/t21-/m0/s1. The first kappa shape index (κ1) is 26.7. The van der Waals surface area contributed by atoms with Gasteiger partial charge >= 0.3 is 0 Å². The van der Waals surface area contributed by atoms with Crippen molar-refractivity contribution in [1.29, 1.82) is 0 Å². The van der Waals surface area contributed by atoms with Crippen LogP contribution in [0.2, 0.25) is 5.02 Å². The average molecular weight is 494 g/mol. The number of aryl methyl sites for hydroxylation is 1.